The summed E-state index contributed by atoms with van der Waals surface area (Å²) in [6, 6.07) is 13.9. The summed E-state index contributed by atoms with van der Waals surface area (Å²) >= 11 is 12.0. The van der Waals surface area contributed by atoms with Gasteiger partial charge in [-0.25, -0.2) is 5.43 Å². The van der Waals surface area contributed by atoms with E-state index < -0.39 is 0 Å². The third kappa shape index (κ3) is 8.26. The summed E-state index contributed by atoms with van der Waals surface area (Å²) in [6.07, 6.45) is 3.77. The van der Waals surface area contributed by atoms with Crippen molar-refractivity contribution in [1.29, 1.82) is 0 Å². The fraction of sp³-hybridized carbons (Fsp3) is 0.375. The maximum Gasteiger partial charge on any atom is 0.257 e. The van der Waals surface area contributed by atoms with Crippen LogP contribution in [0.25, 0.3) is 0 Å². The maximum atomic E-state index is 12.8. The van der Waals surface area contributed by atoms with Gasteiger partial charge in [0.15, 0.2) is 0 Å². The Morgan fingerprint density at radius 3 is 2.44 bits per heavy atom. The molecule has 0 saturated carbocycles. The number of rotatable bonds is 12. The van der Waals surface area contributed by atoms with Gasteiger partial charge in [0.25, 0.3) is 11.8 Å². The van der Waals surface area contributed by atoms with Gasteiger partial charge in [0.05, 0.1) is 17.3 Å². The highest BCUT2D eigenvalue weighted by Gasteiger charge is 2.23. The van der Waals surface area contributed by atoms with Gasteiger partial charge >= 0.3 is 0 Å². The van der Waals surface area contributed by atoms with Crippen LogP contribution in [-0.2, 0) is 4.79 Å². The Hall–Kier alpha value is -2.41. The van der Waals surface area contributed by atoms with Crippen LogP contribution in [0, 0.1) is 0 Å². The van der Waals surface area contributed by atoms with Crippen molar-refractivity contribution in [2.45, 2.75) is 39.2 Å². The van der Waals surface area contributed by atoms with Gasteiger partial charge < -0.3 is 5.32 Å². The van der Waals surface area contributed by atoms with Crippen molar-refractivity contribution in [3.8, 4) is 0 Å². The molecule has 0 heterocycles. The van der Waals surface area contributed by atoms with Gasteiger partial charge in [-0.05, 0) is 56.6 Å². The summed E-state index contributed by atoms with van der Waals surface area (Å²) in [6.45, 7) is 6.13. The van der Waals surface area contributed by atoms with Crippen molar-refractivity contribution in [2.24, 2.45) is 5.10 Å². The van der Waals surface area contributed by atoms with E-state index in [9.17, 15) is 9.59 Å². The number of hydrogen-bond acceptors (Lipinski definition) is 4. The molecule has 0 fully saturated rings. The zero-order chi connectivity index (χ0) is 23.3. The molecule has 2 aromatic carbocycles. The summed E-state index contributed by atoms with van der Waals surface area (Å²) in [7, 11) is 0. The van der Waals surface area contributed by atoms with E-state index in [1.807, 2.05) is 32.0 Å². The quantitative estimate of drug-likeness (QED) is 0.263. The third-order valence-electron chi connectivity index (χ3n) is 5.12. The molecule has 1 atom stereocenters. The van der Waals surface area contributed by atoms with Crippen LogP contribution in [0.2, 0.25) is 10.0 Å². The normalized spacial score (nSPS) is 12.2. The summed E-state index contributed by atoms with van der Waals surface area (Å²) in [4.78, 5) is 27.0. The van der Waals surface area contributed by atoms with Crippen LogP contribution in [0.1, 0.15) is 49.0 Å². The number of hydrazone groups is 1. The van der Waals surface area contributed by atoms with Crippen LogP contribution in [0.4, 0.5) is 0 Å². The number of unbranched alkanes of at least 4 members (excludes halogenated alkanes) is 1. The Morgan fingerprint density at radius 2 is 1.78 bits per heavy atom. The van der Waals surface area contributed by atoms with Gasteiger partial charge in [0, 0.05) is 22.7 Å². The average molecular weight is 477 g/mol. The molecular weight excluding hydrogens is 447 g/mol. The first-order chi connectivity index (χ1) is 15.5. The van der Waals surface area contributed by atoms with E-state index in [1.54, 1.807) is 30.3 Å². The predicted molar refractivity (Wildman–Crippen MR) is 132 cm³/mol. The van der Waals surface area contributed by atoms with Crippen LogP contribution < -0.4 is 10.7 Å². The Morgan fingerprint density at radius 1 is 1.06 bits per heavy atom. The Labute approximate surface area is 200 Å². The largest absolute Gasteiger partial charge is 0.352 e. The molecule has 0 aromatic heterocycles. The molecule has 0 unspecified atom stereocenters. The molecule has 2 aromatic rings. The Bertz CT molecular complexity index is 902. The molecule has 0 aliphatic carbocycles. The molecule has 0 saturated heterocycles. The van der Waals surface area contributed by atoms with Gasteiger partial charge in [0.1, 0.15) is 0 Å². The molecule has 0 aliphatic heterocycles. The van der Waals surface area contributed by atoms with Crippen molar-refractivity contribution in [1.82, 2.24) is 15.6 Å². The first-order valence-electron chi connectivity index (χ1n) is 10.8. The summed E-state index contributed by atoms with van der Waals surface area (Å²) < 4.78 is 0. The predicted octanol–water partition coefficient (Wildman–Crippen LogP) is 4.75. The number of nitrogens with zero attached hydrogens (tertiary/aromatic N) is 2. The Balaban J connectivity index is 1.85. The molecular formula is C24H30Cl2N4O2. The Kier molecular flexibility index (Phi) is 11.2. The molecule has 0 bridgehead atoms. The lowest BCUT2D eigenvalue weighted by molar-refractivity contribution is -0.126. The van der Waals surface area contributed by atoms with Crippen LogP contribution in [0.5, 0.6) is 0 Å². The molecule has 0 spiro atoms. The fourth-order valence-corrected chi connectivity index (χ4v) is 3.80. The number of carbonyl (C=O) groups excluding carboxylic acids is 2. The minimum atomic E-state index is -0.298. The molecule has 172 valence electrons. The molecule has 2 amide bonds. The summed E-state index contributed by atoms with van der Waals surface area (Å²) in [5, 5.41) is 8.00. The zero-order valence-corrected chi connectivity index (χ0v) is 20.0. The second kappa shape index (κ2) is 13.9. The zero-order valence-electron chi connectivity index (χ0n) is 18.5. The van der Waals surface area contributed by atoms with Crippen LogP contribution in [0.15, 0.2) is 53.6 Å². The number of amides is 2. The van der Waals surface area contributed by atoms with E-state index in [2.05, 4.69) is 20.7 Å². The molecule has 0 aliphatic rings. The minimum Gasteiger partial charge on any atom is -0.352 e. The molecule has 6 nitrogen and oxygen atoms in total. The number of halogens is 2. The number of hydrogen-bond donors (Lipinski definition) is 2. The van der Waals surface area contributed by atoms with E-state index in [0.717, 1.165) is 25.9 Å². The lowest BCUT2D eigenvalue weighted by atomic mass is 10.1. The van der Waals surface area contributed by atoms with Gasteiger partial charge in [-0.1, -0.05) is 61.3 Å². The van der Waals surface area contributed by atoms with Gasteiger partial charge in [-0.3, -0.25) is 14.5 Å². The van der Waals surface area contributed by atoms with Gasteiger partial charge in [-0.2, -0.15) is 5.10 Å². The van der Waals surface area contributed by atoms with Gasteiger partial charge in [0.2, 0.25) is 0 Å². The minimum absolute atomic E-state index is 0.0844. The number of nitrogens with one attached hydrogen (secondary N) is 2. The highest BCUT2D eigenvalue weighted by Crippen LogP contribution is 2.19. The van der Waals surface area contributed by atoms with Crippen LogP contribution in [0.3, 0.4) is 0 Å². The number of carbonyl (C=O) groups is 2. The third-order valence-corrected chi connectivity index (χ3v) is 5.68. The van der Waals surface area contributed by atoms with Crippen molar-refractivity contribution in [3.05, 3.63) is 69.7 Å². The lowest BCUT2D eigenvalue weighted by Gasteiger charge is -2.28. The van der Waals surface area contributed by atoms with Crippen molar-refractivity contribution < 1.29 is 9.59 Å². The van der Waals surface area contributed by atoms with Crippen LogP contribution in [-0.4, -0.2) is 48.6 Å². The monoisotopic (exact) mass is 476 g/mol. The highest BCUT2D eigenvalue weighted by molar-refractivity contribution is 6.36. The maximum absolute atomic E-state index is 12.8. The number of likely N-dealkylation sites (N-methyl/N-ethyl adjacent to an activating group) is 1. The van der Waals surface area contributed by atoms with E-state index in [4.69, 9.17) is 23.2 Å². The summed E-state index contributed by atoms with van der Waals surface area (Å²) in [5.74, 6) is -0.248. The van der Waals surface area contributed by atoms with Crippen molar-refractivity contribution in [2.75, 3.05) is 19.6 Å². The fourth-order valence-electron chi connectivity index (χ4n) is 3.35. The molecule has 8 heteroatoms. The van der Waals surface area contributed by atoms with Crippen LogP contribution >= 0.6 is 23.2 Å². The topological polar surface area (TPSA) is 73.8 Å². The first-order valence-corrected chi connectivity index (χ1v) is 11.6. The van der Waals surface area contributed by atoms with E-state index >= 15 is 0 Å². The SMILES string of the molecule is CCN(CC)[C@H](CCCCNC(=O)c1ccccc1)C(=O)N/N=C/c1ccc(Cl)cc1Cl. The molecule has 2 rings (SSSR count). The average Bonchev–Trinajstić information content (AvgIpc) is 2.80. The lowest BCUT2D eigenvalue weighted by Crippen LogP contribution is -2.45. The standard InChI is InChI=1S/C24H30Cl2N4O2/c1-3-30(4-2)22(12-8-9-15-27-23(31)18-10-6-5-7-11-18)24(32)29-28-17-19-13-14-20(25)16-21(19)26/h5-7,10-11,13-14,16-17,22H,3-4,8-9,12,15H2,1-2H3,(H,27,31)(H,29,32)/b28-17+/t22-/m1/s1. The molecule has 32 heavy (non-hydrogen) atoms. The van der Waals surface area contributed by atoms with E-state index in [1.165, 1.54) is 6.21 Å². The smallest absolute Gasteiger partial charge is 0.257 e. The van der Waals surface area contributed by atoms with Crippen molar-refractivity contribution in [3.63, 3.8) is 0 Å². The first kappa shape index (κ1) is 25.8. The highest BCUT2D eigenvalue weighted by atomic mass is 35.5. The summed E-state index contributed by atoms with van der Waals surface area (Å²) in [5.41, 5.74) is 3.95. The molecule has 2 N–H and O–H groups in total. The van der Waals surface area contributed by atoms with Gasteiger partial charge in [-0.15, -0.1) is 0 Å². The van der Waals surface area contributed by atoms with E-state index in [0.29, 0.717) is 34.1 Å². The number of benzene rings is 2. The van der Waals surface area contributed by atoms with Crippen molar-refractivity contribution >= 4 is 41.2 Å². The second-order valence-electron chi connectivity index (χ2n) is 7.25. The van der Waals surface area contributed by atoms with E-state index in [-0.39, 0.29) is 17.9 Å². The second-order valence-corrected chi connectivity index (χ2v) is 8.10. The molecule has 0 radical (unpaired) electrons.